The molecule has 0 aromatic heterocycles. The molecule has 0 saturated heterocycles. The lowest BCUT2D eigenvalue weighted by Crippen LogP contribution is -2.49. The van der Waals surface area contributed by atoms with E-state index in [0.717, 1.165) is 24.5 Å². The van der Waals surface area contributed by atoms with Crippen molar-refractivity contribution in [2.75, 3.05) is 0 Å². The Bertz CT molecular complexity index is 572. The van der Waals surface area contributed by atoms with Crippen molar-refractivity contribution in [1.82, 2.24) is 0 Å². The van der Waals surface area contributed by atoms with Crippen molar-refractivity contribution < 1.29 is 17.9 Å². The molecule has 4 heteroatoms. The Kier molecular flexibility index (Phi) is 4.33. The predicted octanol–water partition coefficient (Wildman–Crippen LogP) is 5.88. The van der Waals surface area contributed by atoms with Gasteiger partial charge in [-0.2, -0.15) is 13.2 Å². The first-order valence-corrected chi connectivity index (χ1v) is 7.75. The molecule has 1 aromatic carbocycles. The molecule has 0 bridgehead atoms. The van der Waals surface area contributed by atoms with Crippen molar-refractivity contribution in [3.8, 4) is 5.75 Å². The third-order valence-electron chi connectivity index (χ3n) is 4.50. The zero-order chi connectivity index (χ0) is 16.6. The van der Waals surface area contributed by atoms with Crippen LogP contribution in [0.4, 0.5) is 13.2 Å². The van der Waals surface area contributed by atoms with Crippen LogP contribution in [0.5, 0.6) is 5.75 Å². The van der Waals surface area contributed by atoms with Crippen molar-refractivity contribution in [3.05, 3.63) is 35.4 Å². The van der Waals surface area contributed by atoms with Crippen LogP contribution in [-0.4, -0.2) is 11.8 Å². The molecule has 22 heavy (non-hydrogen) atoms. The monoisotopic (exact) mass is 312 g/mol. The van der Waals surface area contributed by atoms with Crippen LogP contribution < -0.4 is 4.74 Å². The van der Waals surface area contributed by atoms with Crippen LogP contribution in [0.15, 0.2) is 24.3 Å². The van der Waals surface area contributed by atoms with Gasteiger partial charge in [-0.3, -0.25) is 0 Å². The van der Waals surface area contributed by atoms with Crippen molar-refractivity contribution in [2.45, 2.75) is 64.1 Å². The van der Waals surface area contributed by atoms with Crippen LogP contribution in [0.2, 0.25) is 0 Å². The largest absolute Gasteiger partial charge is 0.473 e. The maximum Gasteiger partial charge on any atom is 0.432 e. The molecule has 1 aliphatic rings. The number of halogens is 3. The van der Waals surface area contributed by atoms with E-state index in [9.17, 15) is 13.2 Å². The van der Waals surface area contributed by atoms with Crippen LogP contribution in [0.1, 0.15) is 58.1 Å². The molecule has 0 saturated carbocycles. The summed E-state index contributed by atoms with van der Waals surface area (Å²) in [5, 5.41) is 0. The fourth-order valence-electron chi connectivity index (χ4n) is 2.95. The van der Waals surface area contributed by atoms with Gasteiger partial charge in [0.05, 0.1) is 0 Å². The molecule has 0 aliphatic carbocycles. The summed E-state index contributed by atoms with van der Waals surface area (Å²) in [4.78, 5) is 0. The molecule has 2 rings (SSSR count). The first kappa shape index (κ1) is 16.9. The average Bonchev–Trinajstić information content (AvgIpc) is 2.44. The topological polar surface area (TPSA) is 9.23 Å². The van der Waals surface area contributed by atoms with Gasteiger partial charge in [-0.05, 0) is 36.0 Å². The van der Waals surface area contributed by atoms with Crippen molar-refractivity contribution in [1.29, 1.82) is 0 Å². The normalized spacial score (nSPS) is 21.4. The molecular weight excluding hydrogens is 289 g/mol. The van der Waals surface area contributed by atoms with Crippen LogP contribution >= 0.6 is 0 Å². The summed E-state index contributed by atoms with van der Waals surface area (Å²) in [6, 6.07) is 5.59. The third kappa shape index (κ3) is 2.88. The number of rotatable bonds is 4. The first-order chi connectivity index (χ1) is 10.1. The Labute approximate surface area is 130 Å². The summed E-state index contributed by atoms with van der Waals surface area (Å²) >= 11 is 0. The number of ether oxygens (including phenoxy) is 1. The Morgan fingerprint density at radius 1 is 1.14 bits per heavy atom. The highest BCUT2D eigenvalue weighted by molar-refractivity contribution is 5.62. The van der Waals surface area contributed by atoms with E-state index in [0.29, 0.717) is 11.3 Å². The quantitative estimate of drug-likeness (QED) is 0.674. The van der Waals surface area contributed by atoms with Gasteiger partial charge in [0.15, 0.2) is 0 Å². The summed E-state index contributed by atoms with van der Waals surface area (Å²) in [5.41, 5.74) is -0.588. The number of hydrogen-bond donors (Lipinski definition) is 0. The minimum atomic E-state index is -4.43. The molecule has 0 N–H and O–H groups in total. The fraction of sp³-hybridized carbons (Fsp3) is 0.556. The van der Waals surface area contributed by atoms with Crippen molar-refractivity contribution in [3.63, 3.8) is 0 Å². The molecule has 1 nitrogen and oxygen atoms in total. The number of hydrogen-bond acceptors (Lipinski definition) is 1. The van der Waals surface area contributed by atoms with Crippen molar-refractivity contribution in [2.24, 2.45) is 0 Å². The molecule has 0 fully saturated rings. The minimum absolute atomic E-state index is 0.0819. The van der Waals surface area contributed by atoms with Crippen molar-refractivity contribution >= 4 is 6.08 Å². The Morgan fingerprint density at radius 2 is 1.82 bits per heavy atom. The molecule has 122 valence electrons. The highest BCUT2D eigenvalue weighted by Crippen LogP contribution is 2.44. The second-order valence-electron chi connectivity index (χ2n) is 6.56. The summed E-state index contributed by atoms with van der Waals surface area (Å²) in [5.74, 6) is 0.323. The summed E-state index contributed by atoms with van der Waals surface area (Å²) in [6.07, 6.45) is 0.0740. The lowest BCUT2D eigenvalue weighted by Gasteiger charge is -2.36. The van der Waals surface area contributed by atoms with Gasteiger partial charge in [-0.1, -0.05) is 52.3 Å². The maximum absolute atomic E-state index is 13.4. The second-order valence-corrected chi connectivity index (χ2v) is 6.56. The predicted molar refractivity (Wildman–Crippen MR) is 83.1 cm³/mol. The third-order valence-corrected chi connectivity index (χ3v) is 4.50. The number of benzene rings is 1. The van der Waals surface area contributed by atoms with Gasteiger partial charge < -0.3 is 4.74 Å². The van der Waals surface area contributed by atoms with E-state index in [2.05, 4.69) is 20.8 Å². The van der Waals surface area contributed by atoms with Gasteiger partial charge in [-0.15, -0.1) is 0 Å². The lowest BCUT2D eigenvalue weighted by atomic mass is 9.80. The zero-order valence-electron chi connectivity index (χ0n) is 13.6. The highest BCUT2D eigenvalue weighted by atomic mass is 19.4. The van der Waals surface area contributed by atoms with Gasteiger partial charge in [-0.25, -0.2) is 0 Å². The second kappa shape index (κ2) is 5.64. The number of alkyl halides is 3. The molecule has 1 unspecified atom stereocenters. The van der Waals surface area contributed by atoms with Crippen LogP contribution in [0.3, 0.4) is 0 Å². The molecule has 1 aliphatic heterocycles. The smallest absolute Gasteiger partial charge is 0.432 e. The SMILES string of the molecule is CCCC(C)(C)c1ccc2c(c1)OC(CC)(C(F)(F)F)C=C2. The summed E-state index contributed by atoms with van der Waals surface area (Å²) in [7, 11) is 0. The van der Waals surface area contributed by atoms with Gasteiger partial charge in [0.2, 0.25) is 5.60 Å². The standard InChI is InChI=1S/C18H23F3O/c1-5-10-16(3,4)14-8-7-13-9-11-17(6-2,18(19,20)21)22-15(13)12-14/h7-9,11-12H,5-6,10H2,1-4H3. The highest BCUT2D eigenvalue weighted by Gasteiger charge is 2.55. The molecule has 1 aromatic rings. The van der Waals surface area contributed by atoms with E-state index in [-0.39, 0.29) is 11.8 Å². The van der Waals surface area contributed by atoms with Crippen LogP contribution in [0.25, 0.3) is 6.08 Å². The Balaban J connectivity index is 2.43. The molecular formula is C18H23F3O. The maximum atomic E-state index is 13.4. The minimum Gasteiger partial charge on any atom is -0.473 e. The van der Waals surface area contributed by atoms with Gasteiger partial charge in [0.25, 0.3) is 0 Å². The molecule has 0 spiro atoms. The number of fused-ring (bicyclic) bond motifs is 1. The Morgan fingerprint density at radius 3 is 2.36 bits per heavy atom. The molecule has 1 heterocycles. The molecule has 0 amide bonds. The first-order valence-electron chi connectivity index (χ1n) is 7.75. The van der Waals surface area contributed by atoms with E-state index >= 15 is 0 Å². The van der Waals surface area contributed by atoms with Crippen LogP contribution in [-0.2, 0) is 5.41 Å². The fourth-order valence-corrected chi connectivity index (χ4v) is 2.95. The van der Waals surface area contributed by atoms with E-state index < -0.39 is 11.8 Å². The van der Waals surface area contributed by atoms with E-state index in [1.807, 2.05) is 12.1 Å². The zero-order valence-corrected chi connectivity index (χ0v) is 13.6. The summed E-state index contributed by atoms with van der Waals surface area (Å²) in [6.45, 7) is 7.81. The molecule has 0 radical (unpaired) electrons. The molecule has 1 atom stereocenters. The van der Waals surface area contributed by atoms with E-state index in [4.69, 9.17) is 4.74 Å². The average molecular weight is 312 g/mol. The van der Waals surface area contributed by atoms with Crippen LogP contribution in [0, 0.1) is 0 Å². The Hall–Kier alpha value is -1.45. The van der Waals surface area contributed by atoms with Gasteiger partial charge in [0, 0.05) is 5.56 Å². The van der Waals surface area contributed by atoms with E-state index in [1.165, 1.54) is 13.0 Å². The van der Waals surface area contributed by atoms with E-state index in [1.54, 1.807) is 6.07 Å². The van der Waals surface area contributed by atoms with Gasteiger partial charge >= 0.3 is 6.18 Å². The lowest BCUT2D eigenvalue weighted by molar-refractivity contribution is -0.230. The summed E-state index contributed by atoms with van der Waals surface area (Å²) < 4.78 is 45.5. The van der Waals surface area contributed by atoms with Gasteiger partial charge in [0.1, 0.15) is 5.75 Å².